The lowest BCUT2D eigenvalue weighted by Crippen LogP contribution is -2.21. The summed E-state index contributed by atoms with van der Waals surface area (Å²) in [7, 11) is 0. The van der Waals surface area contributed by atoms with E-state index < -0.39 is 11.9 Å². The third-order valence-corrected chi connectivity index (χ3v) is 5.21. The van der Waals surface area contributed by atoms with E-state index in [0.717, 1.165) is 25.3 Å². The van der Waals surface area contributed by atoms with Gasteiger partial charge in [-0.25, -0.2) is 0 Å². The average Bonchev–Trinajstić information content (AvgIpc) is 2.78. The highest BCUT2D eigenvalue weighted by Gasteiger charge is 2.21. The number of esters is 2. The maximum atomic E-state index is 12.3. The molecule has 0 atom stereocenters. The van der Waals surface area contributed by atoms with Gasteiger partial charge in [0, 0.05) is 29.4 Å². The van der Waals surface area contributed by atoms with Crippen molar-refractivity contribution in [2.75, 3.05) is 13.1 Å². The van der Waals surface area contributed by atoms with Gasteiger partial charge in [0.1, 0.15) is 0 Å². The van der Waals surface area contributed by atoms with Crippen molar-refractivity contribution in [2.45, 2.75) is 48.1 Å². The zero-order chi connectivity index (χ0) is 24.5. The molecule has 0 amide bonds. The molecule has 2 aromatic rings. The number of hydrogen-bond donors (Lipinski definition) is 0. The van der Waals surface area contributed by atoms with E-state index >= 15 is 0 Å². The average molecular weight is 473 g/mol. The van der Waals surface area contributed by atoms with Gasteiger partial charge in [0.15, 0.2) is 11.5 Å². The van der Waals surface area contributed by atoms with E-state index in [4.69, 9.17) is 21.1 Å². The minimum Gasteiger partial charge on any atom is -0.422 e. The Morgan fingerprint density at radius 2 is 1.55 bits per heavy atom. The van der Waals surface area contributed by atoms with Gasteiger partial charge in [-0.1, -0.05) is 65.3 Å². The first-order valence-corrected chi connectivity index (χ1v) is 11.6. The smallest absolute Gasteiger partial charge is 0.313 e. The predicted molar refractivity (Wildman–Crippen MR) is 133 cm³/mol. The van der Waals surface area contributed by atoms with Crippen molar-refractivity contribution >= 4 is 35.4 Å². The lowest BCUT2D eigenvalue weighted by Gasteiger charge is -2.17. The highest BCUT2D eigenvalue weighted by atomic mass is 35.5. The molecule has 0 aliphatic carbocycles. The molecule has 6 nitrogen and oxygen atoms in total. The first-order chi connectivity index (χ1) is 15.6. The second kappa shape index (κ2) is 12.5. The van der Waals surface area contributed by atoms with E-state index in [1.165, 1.54) is 11.6 Å². The Hall–Kier alpha value is -2.70. The summed E-state index contributed by atoms with van der Waals surface area (Å²) in [5.74, 6) is -1.41. The molecule has 0 spiro atoms. The van der Waals surface area contributed by atoms with E-state index in [2.05, 4.69) is 23.7 Å². The molecule has 0 N–H and O–H groups in total. The predicted octanol–water partition coefficient (Wildman–Crippen LogP) is 6.06. The van der Waals surface area contributed by atoms with Crippen molar-refractivity contribution in [3.8, 4) is 11.5 Å². The SMILES string of the molecule is CCN(CC)Cc1ccc(N=Cc2cc(Cl)cc(OC(=O)C(C)C)c2OC(=O)C(C)C)cc1. The van der Waals surface area contributed by atoms with Gasteiger partial charge in [0.25, 0.3) is 0 Å². The van der Waals surface area contributed by atoms with Crippen LogP contribution < -0.4 is 9.47 Å². The molecular formula is C26H33ClN2O4. The normalized spacial score (nSPS) is 11.6. The summed E-state index contributed by atoms with van der Waals surface area (Å²) in [5.41, 5.74) is 2.38. The Kier molecular flexibility index (Phi) is 10.1. The van der Waals surface area contributed by atoms with E-state index in [1.807, 2.05) is 24.3 Å². The van der Waals surface area contributed by atoms with E-state index in [1.54, 1.807) is 40.0 Å². The van der Waals surface area contributed by atoms with Crippen LogP contribution in [0.4, 0.5) is 5.69 Å². The number of rotatable bonds is 10. The molecule has 178 valence electrons. The second-order valence-electron chi connectivity index (χ2n) is 8.36. The van der Waals surface area contributed by atoms with E-state index in [-0.39, 0.29) is 23.3 Å². The van der Waals surface area contributed by atoms with Crippen molar-refractivity contribution in [3.63, 3.8) is 0 Å². The van der Waals surface area contributed by atoms with Crippen LogP contribution in [0, 0.1) is 11.8 Å². The van der Waals surface area contributed by atoms with Crippen molar-refractivity contribution in [1.29, 1.82) is 0 Å². The van der Waals surface area contributed by atoms with Crippen LogP contribution in [0.1, 0.15) is 52.7 Å². The molecule has 7 heteroatoms. The first-order valence-electron chi connectivity index (χ1n) is 11.3. The number of hydrogen-bond acceptors (Lipinski definition) is 6. The third-order valence-electron chi connectivity index (χ3n) is 4.99. The van der Waals surface area contributed by atoms with Gasteiger partial charge in [-0.15, -0.1) is 0 Å². The molecule has 0 radical (unpaired) electrons. The Morgan fingerprint density at radius 1 is 0.970 bits per heavy atom. The van der Waals surface area contributed by atoms with Gasteiger partial charge < -0.3 is 9.47 Å². The molecule has 0 fully saturated rings. The highest BCUT2D eigenvalue weighted by Crippen LogP contribution is 2.35. The lowest BCUT2D eigenvalue weighted by atomic mass is 10.1. The molecule has 0 unspecified atom stereocenters. The number of benzene rings is 2. The summed E-state index contributed by atoms with van der Waals surface area (Å²) in [4.78, 5) is 31.4. The Bertz CT molecular complexity index is 981. The minimum atomic E-state index is -0.453. The maximum Gasteiger partial charge on any atom is 0.313 e. The van der Waals surface area contributed by atoms with Crippen LogP contribution in [0.25, 0.3) is 0 Å². The summed E-state index contributed by atoms with van der Waals surface area (Å²) >= 11 is 6.26. The Labute approximate surface area is 201 Å². The second-order valence-corrected chi connectivity index (χ2v) is 8.80. The molecule has 0 saturated heterocycles. The van der Waals surface area contributed by atoms with Crippen LogP contribution in [-0.2, 0) is 16.1 Å². The molecule has 33 heavy (non-hydrogen) atoms. The molecule has 0 aliphatic heterocycles. The number of ether oxygens (including phenoxy) is 2. The summed E-state index contributed by atoms with van der Waals surface area (Å²) in [5, 5.41) is 0.335. The quantitative estimate of drug-likeness (QED) is 0.239. The zero-order valence-electron chi connectivity index (χ0n) is 20.2. The van der Waals surface area contributed by atoms with E-state index in [9.17, 15) is 9.59 Å². The summed E-state index contributed by atoms with van der Waals surface area (Å²) in [6.45, 7) is 14.0. The molecule has 0 heterocycles. The Morgan fingerprint density at radius 3 is 2.09 bits per heavy atom. The number of aliphatic imine (C=N–C) groups is 1. The van der Waals surface area contributed by atoms with Crippen LogP contribution in [0.3, 0.4) is 0 Å². The topological polar surface area (TPSA) is 68.2 Å². The number of carbonyl (C=O) groups excluding carboxylic acids is 2. The monoisotopic (exact) mass is 472 g/mol. The fourth-order valence-corrected chi connectivity index (χ4v) is 3.07. The fourth-order valence-electron chi connectivity index (χ4n) is 2.85. The molecule has 0 bridgehead atoms. The van der Waals surface area contributed by atoms with Gasteiger partial charge in [-0.2, -0.15) is 0 Å². The van der Waals surface area contributed by atoms with Gasteiger partial charge in [-0.3, -0.25) is 19.5 Å². The zero-order valence-corrected chi connectivity index (χ0v) is 21.0. The number of halogens is 1. The van der Waals surface area contributed by atoms with Gasteiger partial charge in [-0.05, 0) is 36.9 Å². The summed E-state index contributed by atoms with van der Waals surface area (Å²) < 4.78 is 11.0. The summed E-state index contributed by atoms with van der Waals surface area (Å²) in [6, 6.07) is 11.0. The lowest BCUT2D eigenvalue weighted by molar-refractivity contribution is -0.140. The fraction of sp³-hybridized carbons (Fsp3) is 0.423. The highest BCUT2D eigenvalue weighted by molar-refractivity contribution is 6.31. The van der Waals surface area contributed by atoms with Gasteiger partial charge in [0.2, 0.25) is 0 Å². The van der Waals surface area contributed by atoms with Crippen LogP contribution in [-0.4, -0.2) is 36.1 Å². The van der Waals surface area contributed by atoms with E-state index in [0.29, 0.717) is 10.6 Å². The van der Waals surface area contributed by atoms with Gasteiger partial charge >= 0.3 is 11.9 Å². The molecular weight excluding hydrogens is 440 g/mol. The third kappa shape index (κ3) is 7.98. The maximum absolute atomic E-state index is 12.3. The standard InChI is InChI=1S/C26H33ClN2O4/c1-7-29(8-2)16-19-9-11-22(12-10-19)28-15-20-13-21(27)14-23(32-25(30)17(3)4)24(20)33-26(31)18(5)6/h9-15,17-18H,7-8,16H2,1-6H3. The number of nitrogens with zero attached hydrogens (tertiary/aromatic N) is 2. The molecule has 2 rings (SSSR count). The minimum absolute atomic E-state index is 0.0891. The molecule has 0 saturated carbocycles. The van der Waals surface area contributed by atoms with Gasteiger partial charge in [0.05, 0.1) is 17.5 Å². The molecule has 2 aromatic carbocycles. The van der Waals surface area contributed by atoms with Crippen molar-refractivity contribution in [1.82, 2.24) is 4.90 Å². The van der Waals surface area contributed by atoms with Crippen LogP contribution in [0.2, 0.25) is 5.02 Å². The number of carbonyl (C=O) groups is 2. The van der Waals surface area contributed by atoms with Crippen LogP contribution in [0.15, 0.2) is 41.4 Å². The Balaban J connectivity index is 2.37. The summed E-state index contributed by atoms with van der Waals surface area (Å²) in [6.07, 6.45) is 1.56. The van der Waals surface area contributed by atoms with Crippen LogP contribution >= 0.6 is 11.6 Å². The van der Waals surface area contributed by atoms with Crippen molar-refractivity contribution in [2.24, 2.45) is 16.8 Å². The van der Waals surface area contributed by atoms with Crippen molar-refractivity contribution < 1.29 is 19.1 Å². The molecule has 0 aliphatic rings. The van der Waals surface area contributed by atoms with Crippen LogP contribution in [0.5, 0.6) is 11.5 Å². The first kappa shape index (κ1) is 26.6. The largest absolute Gasteiger partial charge is 0.422 e. The van der Waals surface area contributed by atoms with Crippen molar-refractivity contribution in [3.05, 3.63) is 52.5 Å². The molecule has 0 aromatic heterocycles.